The zero-order valence-electron chi connectivity index (χ0n) is 9.86. The van der Waals surface area contributed by atoms with Crippen molar-refractivity contribution in [2.45, 2.75) is 23.1 Å². The molecule has 0 bridgehead atoms. The third-order valence-corrected chi connectivity index (χ3v) is 4.28. The average Bonchev–Trinajstić information content (AvgIpc) is 2.39. The van der Waals surface area contributed by atoms with Gasteiger partial charge in [-0.05, 0) is 31.2 Å². The molecular weight excluding hydrogens is 254 g/mol. The lowest BCUT2D eigenvalue weighted by molar-refractivity contribution is 0.0723. The summed E-state index contributed by atoms with van der Waals surface area (Å²) in [4.78, 5) is 15.3. The van der Waals surface area contributed by atoms with Gasteiger partial charge in [0, 0.05) is 23.4 Å². The number of likely N-dealkylation sites (tertiary alicyclic amines) is 1. The largest absolute Gasteiger partial charge is 0.339 e. The van der Waals surface area contributed by atoms with Crippen molar-refractivity contribution < 1.29 is 4.79 Å². The number of hydrogen-bond donors (Lipinski definition) is 0. The van der Waals surface area contributed by atoms with Gasteiger partial charge in [-0.3, -0.25) is 4.79 Å². The minimum absolute atomic E-state index is 0.138. The summed E-state index contributed by atoms with van der Waals surface area (Å²) in [5, 5.41) is 0.231. The van der Waals surface area contributed by atoms with Crippen LogP contribution in [0, 0.1) is 0 Å². The van der Waals surface area contributed by atoms with Crippen molar-refractivity contribution in [1.29, 1.82) is 0 Å². The van der Waals surface area contributed by atoms with Gasteiger partial charge in [0.2, 0.25) is 0 Å². The van der Waals surface area contributed by atoms with Gasteiger partial charge in [0.25, 0.3) is 5.91 Å². The number of thioether (sulfide) groups is 1. The molecule has 0 saturated carbocycles. The molecular formula is C13H16ClNOS. The standard InChI is InChI=1S/C13H16ClNOS/c1-17-12-5-3-2-4-11(12)13(16)15-8-6-10(14)7-9-15/h2-5,10H,6-9H2,1H3. The molecule has 4 heteroatoms. The van der Waals surface area contributed by atoms with Gasteiger partial charge in [-0.1, -0.05) is 12.1 Å². The Morgan fingerprint density at radius 1 is 1.35 bits per heavy atom. The van der Waals surface area contributed by atoms with Crippen LogP contribution < -0.4 is 0 Å². The number of alkyl halides is 1. The van der Waals surface area contributed by atoms with E-state index < -0.39 is 0 Å². The zero-order valence-corrected chi connectivity index (χ0v) is 11.4. The molecule has 1 amide bonds. The summed E-state index contributed by atoms with van der Waals surface area (Å²) < 4.78 is 0. The molecule has 2 rings (SSSR count). The Morgan fingerprint density at radius 2 is 2.00 bits per heavy atom. The first-order valence-electron chi connectivity index (χ1n) is 5.78. The number of carbonyl (C=O) groups excluding carboxylic acids is 1. The number of carbonyl (C=O) groups is 1. The molecule has 1 aliphatic rings. The predicted octanol–water partition coefficient (Wildman–Crippen LogP) is 3.25. The molecule has 1 saturated heterocycles. The van der Waals surface area contributed by atoms with Crippen LogP contribution in [0.5, 0.6) is 0 Å². The molecule has 0 atom stereocenters. The van der Waals surface area contributed by atoms with Gasteiger partial charge in [-0.2, -0.15) is 0 Å². The average molecular weight is 270 g/mol. The topological polar surface area (TPSA) is 20.3 Å². The monoisotopic (exact) mass is 269 g/mol. The highest BCUT2D eigenvalue weighted by Crippen LogP contribution is 2.23. The van der Waals surface area contributed by atoms with Crippen LogP contribution in [0.3, 0.4) is 0 Å². The summed E-state index contributed by atoms with van der Waals surface area (Å²) in [6.07, 6.45) is 3.79. The van der Waals surface area contributed by atoms with Crippen LogP contribution in [-0.2, 0) is 0 Å². The molecule has 1 heterocycles. The maximum Gasteiger partial charge on any atom is 0.254 e. The molecule has 0 aromatic heterocycles. The quantitative estimate of drug-likeness (QED) is 0.607. The SMILES string of the molecule is CSc1ccccc1C(=O)N1CCC(Cl)CC1. The van der Waals surface area contributed by atoms with Crippen molar-refractivity contribution in [2.24, 2.45) is 0 Å². The van der Waals surface area contributed by atoms with E-state index >= 15 is 0 Å². The lowest BCUT2D eigenvalue weighted by Gasteiger charge is -2.29. The first-order chi connectivity index (χ1) is 8.22. The fraction of sp³-hybridized carbons (Fsp3) is 0.462. The first-order valence-corrected chi connectivity index (χ1v) is 7.45. The molecule has 2 nitrogen and oxygen atoms in total. The second-order valence-electron chi connectivity index (χ2n) is 4.17. The molecule has 0 spiro atoms. The normalized spacial score (nSPS) is 17.2. The van der Waals surface area contributed by atoms with E-state index in [0.29, 0.717) is 0 Å². The van der Waals surface area contributed by atoms with Crippen molar-refractivity contribution >= 4 is 29.3 Å². The maximum absolute atomic E-state index is 12.4. The number of piperidine rings is 1. The van der Waals surface area contributed by atoms with Gasteiger partial charge in [0.05, 0.1) is 5.56 Å². The minimum Gasteiger partial charge on any atom is -0.339 e. The zero-order chi connectivity index (χ0) is 12.3. The molecule has 1 aromatic rings. The van der Waals surface area contributed by atoms with E-state index in [9.17, 15) is 4.79 Å². The summed E-state index contributed by atoms with van der Waals surface area (Å²) in [5.41, 5.74) is 0.813. The number of rotatable bonds is 2. The molecule has 0 N–H and O–H groups in total. The molecule has 1 aromatic carbocycles. The van der Waals surface area contributed by atoms with Gasteiger partial charge >= 0.3 is 0 Å². The number of amides is 1. The fourth-order valence-electron chi connectivity index (χ4n) is 2.04. The smallest absolute Gasteiger partial charge is 0.254 e. The Kier molecular flexibility index (Phi) is 4.35. The highest BCUT2D eigenvalue weighted by Gasteiger charge is 2.23. The van der Waals surface area contributed by atoms with Crippen molar-refractivity contribution in [1.82, 2.24) is 4.90 Å². The van der Waals surface area contributed by atoms with E-state index in [1.165, 1.54) is 0 Å². The summed E-state index contributed by atoms with van der Waals surface area (Å²) in [5.74, 6) is 0.138. The molecule has 17 heavy (non-hydrogen) atoms. The van der Waals surface area contributed by atoms with Crippen LogP contribution in [0.4, 0.5) is 0 Å². The number of benzene rings is 1. The van der Waals surface area contributed by atoms with Gasteiger partial charge in [-0.25, -0.2) is 0 Å². The number of halogens is 1. The highest BCUT2D eigenvalue weighted by molar-refractivity contribution is 7.98. The van der Waals surface area contributed by atoms with E-state index in [4.69, 9.17) is 11.6 Å². The van der Waals surface area contributed by atoms with E-state index in [1.54, 1.807) is 11.8 Å². The summed E-state index contributed by atoms with van der Waals surface area (Å²) in [6.45, 7) is 1.55. The lowest BCUT2D eigenvalue weighted by Crippen LogP contribution is -2.39. The van der Waals surface area contributed by atoms with E-state index in [1.807, 2.05) is 35.4 Å². The summed E-state index contributed by atoms with van der Waals surface area (Å²) >= 11 is 7.66. The van der Waals surface area contributed by atoms with Crippen LogP contribution >= 0.6 is 23.4 Å². The van der Waals surface area contributed by atoms with Crippen LogP contribution in [-0.4, -0.2) is 35.5 Å². The van der Waals surface area contributed by atoms with Crippen LogP contribution in [0.15, 0.2) is 29.2 Å². The second-order valence-corrected chi connectivity index (χ2v) is 5.63. The molecule has 0 unspecified atom stereocenters. The summed E-state index contributed by atoms with van der Waals surface area (Å²) in [7, 11) is 0. The minimum atomic E-state index is 0.138. The molecule has 92 valence electrons. The highest BCUT2D eigenvalue weighted by atomic mass is 35.5. The van der Waals surface area contributed by atoms with Gasteiger partial charge in [-0.15, -0.1) is 23.4 Å². The van der Waals surface area contributed by atoms with Gasteiger partial charge < -0.3 is 4.90 Å². The van der Waals surface area contributed by atoms with Crippen molar-refractivity contribution in [2.75, 3.05) is 19.3 Å². The molecule has 0 radical (unpaired) electrons. The van der Waals surface area contributed by atoms with Crippen LogP contribution in [0.25, 0.3) is 0 Å². The van der Waals surface area contributed by atoms with Crippen molar-refractivity contribution in [3.63, 3.8) is 0 Å². The first kappa shape index (κ1) is 12.8. The predicted molar refractivity (Wildman–Crippen MR) is 73.0 cm³/mol. The lowest BCUT2D eigenvalue weighted by atomic mass is 10.1. The Hall–Kier alpha value is -0.670. The van der Waals surface area contributed by atoms with Crippen molar-refractivity contribution in [3.8, 4) is 0 Å². The Labute approximate surface area is 111 Å². The summed E-state index contributed by atoms with van der Waals surface area (Å²) in [6, 6.07) is 7.78. The van der Waals surface area contributed by atoms with Gasteiger partial charge in [0.15, 0.2) is 0 Å². The van der Waals surface area contributed by atoms with E-state index in [-0.39, 0.29) is 11.3 Å². The van der Waals surface area contributed by atoms with Gasteiger partial charge in [0.1, 0.15) is 0 Å². The Balaban J connectivity index is 2.14. The second kappa shape index (κ2) is 5.78. The third kappa shape index (κ3) is 2.96. The Bertz CT molecular complexity index is 402. The van der Waals surface area contributed by atoms with Crippen LogP contribution in [0.1, 0.15) is 23.2 Å². The molecule has 0 aliphatic carbocycles. The van der Waals surface area contributed by atoms with Crippen LogP contribution in [0.2, 0.25) is 0 Å². The maximum atomic E-state index is 12.4. The van der Waals surface area contributed by atoms with Crippen molar-refractivity contribution in [3.05, 3.63) is 29.8 Å². The number of hydrogen-bond acceptors (Lipinski definition) is 2. The van der Waals surface area contributed by atoms with E-state index in [0.717, 1.165) is 36.4 Å². The Morgan fingerprint density at radius 3 is 2.65 bits per heavy atom. The third-order valence-electron chi connectivity index (χ3n) is 3.05. The fourth-order valence-corrected chi connectivity index (χ4v) is 2.83. The van der Waals surface area contributed by atoms with E-state index in [2.05, 4.69) is 0 Å². The molecule has 1 aliphatic heterocycles. The molecule has 1 fully saturated rings. The number of nitrogens with zero attached hydrogens (tertiary/aromatic N) is 1.